The van der Waals surface area contributed by atoms with E-state index in [0.29, 0.717) is 0 Å². The topological polar surface area (TPSA) is 4.93 Å². The van der Waals surface area contributed by atoms with Gasteiger partial charge in [-0.1, -0.05) is 146 Å². The molecule has 0 fully saturated rings. The zero-order valence-corrected chi connectivity index (χ0v) is 29.2. The zero-order valence-electron chi connectivity index (χ0n) is 29.2. The first-order valence-electron chi connectivity index (χ1n) is 18.3. The molecule has 0 saturated carbocycles. The highest BCUT2D eigenvalue weighted by atomic mass is 15.0. The molecule has 0 saturated heterocycles. The summed E-state index contributed by atoms with van der Waals surface area (Å²) >= 11 is 0. The van der Waals surface area contributed by atoms with Crippen LogP contribution < -0.4 is 0 Å². The lowest BCUT2D eigenvalue weighted by Crippen LogP contribution is -2.26. The van der Waals surface area contributed by atoms with E-state index >= 15 is 0 Å². The summed E-state index contributed by atoms with van der Waals surface area (Å²) in [6, 6.07) is 65.8. The first-order valence-corrected chi connectivity index (χ1v) is 18.3. The third-order valence-corrected chi connectivity index (χ3v) is 11.9. The normalized spacial score (nSPS) is 13.3. The van der Waals surface area contributed by atoms with Gasteiger partial charge in [0.25, 0.3) is 0 Å². The summed E-state index contributed by atoms with van der Waals surface area (Å²) in [5.74, 6) is 0. The molecule has 2 aliphatic carbocycles. The van der Waals surface area contributed by atoms with Gasteiger partial charge in [0.2, 0.25) is 0 Å². The van der Waals surface area contributed by atoms with Crippen LogP contribution in [0.5, 0.6) is 0 Å². The minimum absolute atomic E-state index is 0.443. The van der Waals surface area contributed by atoms with Crippen molar-refractivity contribution in [2.75, 3.05) is 0 Å². The number of hydrogen-bond acceptors (Lipinski definition) is 0. The molecule has 1 heteroatoms. The Balaban J connectivity index is 1.26. The van der Waals surface area contributed by atoms with Crippen molar-refractivity contribution >= 4 is 21.8 Å². The number of hydrogen-bond donors (Lipinski definition) is 0. The number of rotatable bonds is 3. The first-order chi connectivity index (χ1) is 25.6. The monoisotopic (exact) mass is 661 g/mol. The van der Waals surface area contributed by atoms with Gasteiger partial charge in [0, 0.05) is 22.0 Å². The Hall–Kier alpha value is -6.44. The Bertz CT molecular complexity index is 2860. The van der Waals surface area contributed by atoms with Gasteiger partial charge in [0.15, 0.2) is 0 Å². The van der Waals surface area contributed by atoms with Gasteiger partial charge in [-0.25, -0.2) is 0 Å². The highest BCUT2D eigenvalue weighted by Crippen LogP contribution is 2.64. The van der Waals surface area contributed by atoms with Gasteiger partial charge >= 0.3 is 0 Å². The molecule has 0 atom stereocenters. The maximum atomic E-state index is 2.54. The van der Waals surface area contributed by atoms with Crippen LogP contribution in [0, 0.1) is 13.8 Å². The average Bonchev–Trinajstić information content (AvgIpc) is 3.80. The number of fused-ring (bicyclic) bond motifs is 14. The van der Waals surface area contributed by atoms with E-state index in [1.165, 1.54) is 105 Å². The molecule has 0 N–H and O–H groups in total. The van der Waals surface area contributed by atoms with Crippen molar-refractivity contribution in [2.45, 2.75) is 19.3 Å². The smallest absolute Gasteiger partial charge is 0.0746 e. The summed E-state index contributed by atoms with van der Waals surface area (Å²) in [5, 5.41) is 2.54. The summed E-state index contributed by atoms with van der Waals surface area (Å²) in [7, 11) is 0. The molecule has 0 bridgehead atoms. The summed E-state index contributed by atoms with van der Waals surface area (Å²) in [4.78, 5) is 0. The van der Waals surface area contributed by atoms with Gasteiger partial charge in [-0.2, -0.15) is 0 Å². The molecule has 1 spiro atoms. The summed E-state index contributed by atoms with van der Waals surface area (Å²) in [5.41, 5.74) is 21.6. The Morgan fingerprint density at radius 1 is 0.385 bits per heavy atom. The Morgan fingerprint density at radius 3 is 1.60 bits per heavy atom. The number of para-hydroxylation sites is 1. The standard InChI is InChI=1S/C51H35N/c1-32-14-6-7-17-37(32)43-30-34(25-24-33(43)2)35-26-29-48-44(31-35)42-28-27-41-40-20-10-13-23-47(40)51(49(41)50(42)52(48)36-15-4-3-5-16-36)45-21-11-8-18-38(45)39-19-9-12-22-46(39)51/h3-31H,1-2H3. The van der Waals surface area contributed by atoms with Crippen LogP contribution in [0.3, 0.4) is 0 Å². The van der Waals surface area contributed by atoms with Gasteiger partial charge in [0.1, 0.15) is 0 Å². The molecule has 1 nitrogen and oxygen atoms in total. The molecule has 244 valence electrons. The molecule has 0 amide bonds. The minimum Gasteiger partial charge on any atom is -0.309 e. The summed E-state index contributed by atoms with van der Waals surface area (Å²) in [6.45, 7) is 4.42. The van der Waals surface area contributed by atoms with Crippen molar-refractivity contribution in [1.82, 2.24) is 4.57 Å². The number of aryl methyl sites for hydroxylation is 2. The van der Waals surface area contributed by atoms with E-state index in [1.807, 2.05) is 0 Å². The van der Waals surface area contributed by atoms with E-state index in [9.17, 15) is 0 Å². The summed E-state index contributed by atoms with van der Waals surface area (Å²) in [6.07, 6.45) is 0. The molecular weight excluding hydrogens is 627 g/mol. The van der Waals surface area contributed by atoms with Gasteiger partial charge in [-0.15, -0.1) is 0 Å². The fraction of sp³-hybridized carbons (Fsp3) is 0.0588. The van der Waals surface area contributed by atoms with Crippen molar-refractivity contribution in [3.8, 4) is 50.2 Å². The van der Waals surface area contributed by atoms with E-state index < -0.39 is 5.41 Å². The molecule has 1 heterocycles. The first kappa shape index (κ1) is 29.3. The quantitative estimate of drug-likeness (QED) is 0.178. The second-order valence-electron chi connectivity index (χ2n) is 14.5. The van der Waals surface area contributed by atoms with E-state index in [4.69, 9.17) is 0 Å². The molecule has 9 aromatic rings. The van der Waals surface area contributed by atoms with Crippen molar-refractivity contribution < 1.29 is 0 Å². The van der Waals surface area contributed by atoms with E-state index in [-0.39, 0.29) is 0 Å². The largest absolute Gasteiger partial charge is 0.309 e. The number of nitrogens with zero attached hydrogens (tertiary/aromatic N) is 1. The average molecular weight is 662 g/mol. The van der Waals surface area contributed by atoms with Crippen LogP contribution in [0.25, 0.3) is 72.0 Å². The molecule has 0 radical (unpaired) electrons. The highest BCUT2D eigenvalue weighted by Gasteiger charge is 2.53. The van der Waals surface area contributed by atoms with Crippen LogP contribution in [0.2, 0.25) is 0 Å². The molecule has 1 aromatic heterocycles. The second-order valence-corrected chi connectivity index (χ2v) is 14.5. The van der Waals surface area contributed by atoms with Crippen LogP contribution in [0.4, 0.5) is 0 Å². The lowest BCUT2D eigenvalue weighted by Gasteiger charge is -2.31. The molecule has 0 aliphatic heterocycles. The second kappa shape index (κ2) is 10.8. The van der Waals surface area contributed by atoms with E-state index in [1.54, 1.807) is 0 Å². The molecule has 2 aliphatic rings. The lowest BCUT2D eigenvalue weighted by molar-refractivity contribution is 0.797. The van der Waals surface area contributed by atoms with Gasteiger partial charge in [0.05, 0.1) is 16.4 Å². The van der Waals surface area contributed by atoms with E-state index in [0.717, 1.165) is 0 Å². The van der Waals surface area contributed by atoms with Crippen molar-refractivity contribution in [3.63, 3.8) is 0 Å². The zero-order chi connectivity index (χ0) is 34.6. The SMILES string of the molecule is Cc1ccccc1-c1cc(-c2ccc3c(c2)c2ccc4c(c2n3-c2ccccc2)C2(c3ccccc3-c3ccccc32)c2ccccc2-4)ccc1C. The molecule has 11 rings (SSSR count). The molecule has 52 heavy (non-hydrogen) atoms. The van der Waals surface area contributed by atoms with Crippen LogP contribution in [-0.2, 0) is 5.41 Å². The Morgan fingerprint density at radius 2 is 0.923 bits per heavy atom. The van der Waals surface area contributed by atoms with Gasteiger partial charge in [-0.3, -0.25) is 0 Å². The summed E-state index contributed by atoms with van der Waals surface area (Å²) < 4.78 is 2.54. The number of benzene rings is 8. The van der Waals surface area contributed by atoms with Crippen LogP contribution in [0.15, 0.2) is 176 Å². The Labute approximate surface area is 304 Å². The minimum atomic E-state index is -0.443. The van der Waals surface area contributed by atoms with Crippen molar-refractivity contribution in [1.29, 1.82) is 0 Å². The highest BCUT2D eigenvalue weighted by molar-refractivity contribution is 6.15. The van der Waals surface area contributed by atoms with E-state index in [2.05, 4.69) is 194 Å². The fourth-order valence-electron chi connectivity index (χ4n) is 9.68. The maximum absolute atomic E-state index is 2.54. The third-order valence-electron chi connectivity index (χ3n) is 11.9. The molecular formula is C51H35N. The molecule has 0 unspecified atom stereocenters. The predicted molar refractivity (Wildman–Crippen MR) is 217 cm³/mol. The van der Waals surface area contributed by atoms with Crippen LogP contribution >= 0.6 is 0 Å². The molecule has 8 aromatic carbocycles. The van der Waals surface area contributed by atoms with Crippen molar-refractivity contribution in [3.05, 3.63) is 209 Å². The van der Waals surface area contributed by atoms with Crippen molar-refractivity contribution in [2.24, 2.45) is 0 Å². The third kappa shape index (κ3) is 3.78. The Kier molecular flexibility index (Phi) is 6.08. The van der Waals surface area contributed by atoms with Crippen LogP contribution in [0.1, 0.15) is 33.4 Å². The van der Waals surface area contributed by atoms with Gasteiger partial charge < -0.3 is 4.57 Å². The van der Waals surface area contributed by atoms with Crippen LogP contribution in [-0.4, -0.2) is 4.57 Å². The predicted octanol–water partition coefficient (Wildman–Crippen LogP) is 13.1. The maximum Gasteiger partial charge on any atom is 0.0746 e. The van der Waals surface area contributed by atoms with Gasteiger partial charge in [-0.05, 0) is 117 Å². The lowest BCUT2D eigenvalue weighted by atomic mass is 9.70. The fourth-order valence-corrected chi connectivity index (χ4v) is 9.68. The number of aromatic nitrogens is 1.